The average molecular weight is 392 g/mol. The second-order valence-corrected chi connectivity index (χ2v) is 6.33. The number of halogens is 3. The summed E-state index contributed by atoms with van der Waals surface area (Å²) >= 11 is 0. The molecule has 0 bridgehead atoms. The third-order valence-electron chi connectivity index (χ3n) is 4.36. The van der Waals surface area contributed by atoms with Crippen LogP contribution >= 0.6 is 0 Å². The normalized spacial score (nSPS) is 12.8. The van der Waals surface area contributed by atoms with Crippen LogP contribution in [0.2, 0.25) is 0 Å². The number of amides is 1. The monoisotopic (exact) mass is 392 g/mol. The van der Waals surface area contributed by atoms with Gasteiger partial charge in [-0.2, -0.15) is 18.3 Å². The van der Waals surface area contributed by atoms with E-state index >= 15 is 0 Å². The number of hydrogen-bond acceptors (Lipinski definition) is 4. The van der Waals surface area contributed by atoms with Crippen LogP contribution in [0, 0.1) is 0 Å². The zero-order chi connectivity index (χ0) is 20.5. The van der Waals surface area contributed by atoms with Gasteiger partial charge >= 0.3 is 6.18 Å². The maximum atomic E-state index is 13.6. The lowest BCUT2D eigenvalue weighted by molar-refractivity contribution is -0.142. The standard InChI is InChI=1S/C19H19F3N4O2/c1-4-11(2)24-18(27)14-10-23-26-16(19(20,21)22)9-15(25-17(14)26)12-6-5-7-13(8-12)28-3/h5-11H,4H2,1-3H3,(H,24,27). The molecular weight excluding hydrogens is 373 g/mol. The molecule has 1 N–H and O–H groups in total. The minimum atomic E-state index is -4.68. The van der Waals surface area contributed by atoms with E-state index in [2.05, 4.69) is 15.4 Å². The molecule has 148 valence electrons. The van der Waals surface area contributed by atoms with Gasteiger partial charge in [-0.1, -0.05) is 19.1 Å². The molecule has 0 fully saturated rings. The summed E-state index contributed by atoms with van der Waals surface area (Å²) < 4.78 is 46.6. The molecule has 3 rings (SSSR count). The van der Waals surface area contributed by atoms with E-state index in [1.807, 2.05) is 6.92 Å². The number of fused-ring (bicyclic) bond motifs is 1. The smallest absolute Gasteiger partial charge is 0.433 e. The lowest BCUT2D eigenvalue weighted by Gasteiger charge is -2.13. The van der Waals surface area contributed by atoms with E-state index in [1.54, 1.807) is 31.2 Å². The maximum absolute atomic E-state index is 13.6. The molecular formula is C19H19F3N4O2. The molecule has 28 heavy (non-hydrogen) atoms. The zero-order valence-corrected chi connectivity index (χ0v) is 15.5. The van der Waals surface area contributed by atoms with Crippen LogP contribution < -0.4 is 10.1 Å². The van der Waals surface area contributed by atoms with Crippen molar-refractivity contribution in [2.24, 2.45) is 0 Å². The van der Waals surface area contributed by atoms with Crippen molar-refractivity contribution < 1.29 is 22.7 Å². The van der Waals surface area contributed by atoms with Crippen molar-refractivity contribution in [3.8, 4) is 17.0 Å². The van der Waals surface area contributed by atoms with Crippen LogP contribution in [0.5, 0.6) is 5.75 Å². The van der Waals surface area contributed by atoms with Crippen molar-refractivity contribution in [3.05, 3.63) is 47.8 Å². The van der Waals surface area contributed by atoms with E-state index in [4.69, 9.17) is 4.74 Å². The fraction of sp³-hybridized carbons (Fsp3) is 0.316. The molecule has 0 saturated heterocycles. The van der Waals surface area contributed by atoms with Crippen LogP contribution in [-0.2, 0) is 6.18 Å². The Labute approximate surface area is 159 Å². The van der Waals surface area contributed by atoms with E-state index in [0.717, 1.165) is 12.3 Å². The van der Waals surface area contributed by atoms with Crippen LogP contribution in [0.1, 0.15) is 36.3 Å². The van der Waals surface area contributed by atoms with Crippen LogP contribution in [0.25, 0.3) is 16.9 Å². The predicted octanol–water partition coefficient (Wildman–Crippen LogP) is 3.95. The Morgan fingerprint density at radius 3 is 2.71 bits per heavy atom. The Bertz CT molecular complexity index is 1010. The summed E-state index contributed by atoms with van der Waals surface area (Å²) in [4.78, 5) is 16.8. The summed E-state index contributed by atoms with van der Waals surface area (Å²) in [6.45, 7) is 3.70. The highest BCUT2D eigenvalue weighted by Crippen LogP contribution is 2.33. The number of nitrogens with one attached hydrogen (secondary N) is 1. The van der Waals surface area contributed by atoms with Gasteiger partial charge in [0.1, 0.15) is 11.3 Å². The van der Waals surface area contributed by atoms with Gasteiger partial charge in [0.2, 0.25) is 0 Å². The minimum Gasteiger partial charge on any atom is -0.497 e. The number of alkyl halides is 3. The molecule has 2 aromatic heterocycles. The van der Waals surface area contributed by atoms with Gasteiger partial charge in [0.05, 0.1) is 19.0 Å². The van der Waals surface area contributed by atoms with Crippen LogP contribution in [0.3, 0.4) is 0 Å². The van der Waals surface area contributed by atoms with Crippen molar-refractivity contribution in [2.45, 2.75) is 32.5 Å². The summed E-state index contributed by atoms with van der Waals surface area (Å²) in [7, 11) is 1.46. The molecule has 0 aliphatic carbocycles. The Kier molecular flexibility index (Phi) is 5.26. The summed E-state index contributed by atoms with van der Waals surface area (Å²) in [6, 6.07) is 7.30. The first-order chi connectivity index (χ1) is 13.2. The number of methoxy groups -OCH3 is 1. The highest BCUT2D eigenvalue weighted by Gasteiger charge is 2.36. The van der Waals surface area contributed by atoms with Crippen molar-refractivity contribution >= 4 is 11.6 Å². The van der Waals surface area contributed by atoms with Crippen molar-refractivity contribution in [1.82, 2.24) is 19.9 Å². The number of rotatable bonds is 5. The van der Waals surface area contributed by atoms with Gasteiger partial charge < -0.3 is 10.1 Å². The fourth-order valence-corrected chi connectivity index (χ4v) is 2.66. The summed E-state index contributed by atoms with van der Waals surface area (Å²) in [5.74, 6) is -0.0382. The lowest BCUT2D eigenvalue weighted by Crippen LogP contribution is -2.32. The molecule has 1 atom stereocenters. The molecule has 0 spiro atoms. The van der Waals surface area contributed by atoms with Crippen molar-refractivity contribution in [2.75, 3.05) is 7.11 Å². The number of hydrogen-bond donors (Lipinski definition) is 1. The third kappa shape index (κ3) is 3.78. The summed E-state index contributed by atoms with van der Waals surface area (Å²) in [6.07, 6.45) is -2.89. The summed E-state index contributed by atoms with van der Waals surface area (Å²) in [5, 5.41) is 6.48. The summed E-state index contributed by atoms with van der Waals surface area (Å²) in [5.41, 5.74) is -0.694. The van der Waals surface area contributed by atoms with E-state index in [0.29, 0.717) is 22.2 Å². The second-order valence-electron chi connectivity index (χ2n) is 6.33. The predicted molar refractivity (Wildman–Crippen MR) is 97.2 cm³/mol. The van der Waals surface area contributed by atoms with E-state index in [-0.39, 0.29) is 22.9 Å². The van der Waals surface area contributed by atoms with E-state index < -0.39 is 17.8 Å². The SMILES string of the molecule is CCC(C)NC(=O)c1cnn2c(C(F)(F)F)cc(-c3cccc(OC)c3)nc12. The Morgan fingerprint density at radius 2 is 2.07 bits per heavy atom. The quantitative estimate of drug-likeness (QED) is 0.714. The average Bonchev–Trinajstić information content (AvgIpc) is 3.10. The lowest BCUT2D eigenvalue weighted by atomic mass is 10.1. The van der Waals surface area contributed by atoms with Gasteiger partial charge in [0.25, 0.3) is 5.91 Å². The van der Waals surface area contributed by atoms with Crippen LogP contribution in [0.4, 0.5) is 13.2 Å². The van der Waals surface area contributed by atoms with E-state index in [9.17, 15) is 18.0 Å². The third-order valence-corrected chi connectivity index (χ3v) is 4.36. The number of aromatic nitrogens is 3. The number of benzene rings is 1. The first-order valence-electron chi connectivity index (χ1n) is 8.65. The number of carbonyl (C=O) groups excluding carboxylic acids is 1. The minimum absolute atomic E-state index is 0.0180. The van der Waals surface area contributed by atoms with Gasteiger partial charge in [0, 0.05) is 11.6 Å². The molecule has 6 nitrogen and oxygen atoms in total. The molecule has 0 radical (unpaired) electrons. The van der Waals surface area contributed by atoms with E-state index in [1.165, 1.54) is 7.11 Å². The highest BCUT2D eigenvalue weighted by atomic mass is 19.4. The van der Waals surface area contributed by atoms with Gasteiger partial charge in [-0.25, -0.2) is 9.50 Å². The van der Waals surface area contributed by atoms with Crippen LogP contribution in [-0.4, -0.2) is 33.7 Å². The molecule has 1 unspecified atom stereocenters. The molecule has 0 aliphatic rings. The molecule has 0 saturated carbocycles. The van der Waals surface area contributed by atoms with Gasteiger partial charge in [0.15, 0.2) is 11.3 Å². The number of carbonyl (C=O) groups is 1. The van der Waals surface area contributed by atoms with Crippen molar-refractivity contribution in [1.29, 1.82) is 0 Å². The van der Waals surface area contributed by atoms with Gasteiger partial charge in [-0.15, -0.1) is 0 Å². The molecule has 2 heterocycles. The van der Waals surface area contributed by atoms with Gasteiger partial charge in [-0.05, 0) is 31.5 Å². The highest BCUT2D eigenvalue weighted by molar-refractivity contribution is 6.00. The molecule has 3 aromatic rings. The first kappa shape index (κ1) is 19.7. The molecule has 9 heteroatoms. The van der Waals surface area contributed by atoms with Crippen LogP contribution in [0.15, 0.2) is 36.5 Å². The molecule has 1 amide bonds. The largest absolute Gasteiger partial charge is 0.497 e. The fourth-order valence-electron chi connectivity index (χ4n) is 2.66. The number of ether oxygens (including phenoxy) is 1. The Morgan fingerprint density at radius 1 is 1.32 bits per heavy atom. The Hall–Kier alpha value is -3.10. The van der Waals surface area contributed by atoms with Crippen molar-refractivity contribution in [3.63, 3.8) is 0 Å². The topological polar surface area (TPSA) is 68.5 Å². The molecule has 1 aromatic carbocycles. The van der Waals surface area contributed by atoms with Gasteiger partial charge in [-0.3, -0.25) is 4.79 Å². The zero-order valence-electron chi connectivity index (χ0n) is 15.5. The Balaban J connectivity index is 2.20. The second kappa shape index (κ2) is 7.49. The number of nitrogens with zero attached hydrogens (tertiary/aromatic N) is 3. The maximum Gasteiger partial charge on any atom is 0.433 e. The first-order valence-corrected chi connectivity index (χ1v) is 8.65. The molecule has 0 aliphatic heterocycles.